The summed E-state index contributed by atoms with van der Waals surface area (Å²) in [5, 5.41) is 3.02. The minimum absolute atomic E-state index is 0.0350. The first-order valence-corrected chi connectivity index (χ1v) is 7.01. The molecule has 1 aliphatic rings. The summed E-state index contributed by atoms with van der Waals surface area (Å²) in [4.78, 5) is 11.9. The van der Waals surface area contributed by atoms with E-state index < -0.39 is 6.04 Å². The third-order valence-corrected chi connectivity index (χ3v) is 4.06. The van der Waals surface area contributed by atoms with Gasteiger partial charge in [-0.3, -0.25) is 4.79 Å². The van der Waals surface area contributed by atoms with E-state index in [4.69, 9.17) is 5.73 Å². The first-order chi connectivity index (χ1) is 8.91. The van der Waals surface area contributed by atoms with E-state index in [1.807, 2.05) is 13.8 Å². The van der Waals surface area contributed by atoms with Crippen LogP contribution in [0.3, 0.4) is 0 Å². The van der Waals surface area contributed by atoms with Crippen molar-refractivity contribution in [3.05, 3.63) is 35.4 Å². The summed E-state index contributed by atoms with van der Waals surface area (Å²) in [6.45, 7) is 6.86. The molecule has 0 fully saturated rings. The van der Waals surface area contributed by atoms with Crippen LogP contribution in [0.25, 0.3) is 0 Å². The van der Waals surface area contributed by atoms with Crippen LogP contribution in [0.2, 0.25) is 0 Å². The van der Waals surface area contributed by atoms with Crippen LogP contribution in [0.5, 0.6) is 0 Å². The van der Waals surface area contributed by atoms with E-state index in [0.29, 0.717) is 6.54 Å². The molecule has 1 aliphatic carbocycles. The molecule has 0 saturated heterocycles. The molecule has 3 heteroatoms. The molecule has 0 bridgehead atoms. The van der Waals surface area contributed by atoms with Crippen LogP contribution in [0.15, 0.2) is 24.3 Å². The average molecular weight is 260 g/mol. The quantitative estimate of drug-likeness (QED) is 0.868. The molecule has 1 aromatic rings. The maximum Gasteiger partial charge on any atom is 0.237 e. The molecule has 0 aliphatic heterocycles. The number of benzene rings is 1. The van der Waals surface area contributed by atoms with Gasteiger partial charge in [-0.15, -0.1) is 0 Å². The number of amides is 1. The molecule has 1 aromatic carbocycles. The zero-order valence-electron chi connectivity index (χ0n) is 12.1. The summed E-state index contributed by atoms with van der Waals surface area (Å²) in [6, 6.07) is 8.12. The standard InChI is InChI=1S/C16H24N2O/c1-11(2)14(17)15(19)18-10-16(3)8-12-6-4-5-7-13(12)9-16/h4-7,11,14H,8-10,17H2,1-3H3,(H,18,19)/t14-/m0/s1. The third-order valence-electron chi connectivity index (χ3n) is 4.06. The van der Waals surface area contributed by atoms with E-state index in [1.165, 1.54) is 11.1 Å². The maximum atomic E-state index is 11.9. The van der Waals surface area contributed by atoms with Gasteiger partial charge in [0.25, 0.3) is 0 Å². The SMILES string of the molecule is CC(C)[C@H](N)C(=O)NCC1(C)Cc2ccccc2C1. The Kier molecular flexibility index (Phi) is 3.95. The van der Waals surface area contributed by atoms with Gasteiger partial charge in [-0.25, -0.2) is 0 Å². The highest BCUT2D eigenvalue weighted by Crippen LogP contribution is 2.35. The smallest absolute Gasteiger partial charge is 0.237 e. The lowest BCUT2D eigenvalue weighted by atomic mass is 9.87. The molecule has 1 amide bonds. The van der Waals surface area contributed by atoms with Crippen molar-refractivity contribution in [1.29, 1.82) is 0 Å². The molecule has 104 valence electrons. The minimum atomic E-state index is -0.410. The predicted molar refractivity (Wildman–Crippen MR) is 77.8 cm³/mol. The van der Waals surface area contributed by atoms with Gasteiger partial charge in [0, 0.05) is 6.54 Å². The lowest BCUT2D eigenvalue weighted by Crippen LogP contribution is -2.47. The van der Waals surface area contributed by atoms with E-state index in [0.717, 1.165) is 12.8 Å². The molecule has 0 aromatic heterocycles. The molecule has 0 spiro atoms. The number of carbonyl (C=O) groups excluding carboxylic acids is 1. The van der Waals surface area contributed by atoms with Gasteiger partial charge in [0.2, 0.25) is 5.91 Å². The average Bonchev–Trinajstić information content (AvgIpc) is 2.71. The number of hydrogen-bond acceptors (Lipinski definition) is 2. The van der Waals surface area contributed by atoms with Gasteiger partial charge in [-0.1, -0.05) is 45.0 Å². The van der Waals surface area contributed by atoms with Crippen molar-refractivity contribution >= 4 is 5.91 Å². The van der Waals surface area contributed by atoms with Crippen molar-refractivity contribution in [2.45, 2.75) is 39.7 Å². The molecule has 1 atom stereocenters. The summed E-state index contributed by atoms with van der Waals surface area (Å²) in [6.07, 6.45) is 2.06. The van der Waals surface area contributed by atoms with Gasteiger partial charge in [-0.2, -0.15) is 0 Å². The maximum absolute atomic E-state index is 11.9. The Bertz CT molecular complexity index is 443. The molecule has 0 heterocycles. The first-order valence-electron chi connectivity index (χ1n) is 7.01. The van der Waals surface area contributed by atoms with Gasteiger partial charge >= 0.3 is 0 Å². The fourth-order valence-corrected chi connectivity index (χ4v) is 2.73. The fourth-order valence-electron chi connectivity index (χ4n) is 2.73. The van der Waals surface area contributed by atoms with Gasteiger partial charge < -0.3 is 11.1 Å². The Morgan fingerprint density at radius 3 is 2.32 bits per heavy atom. The summed E-state index contributed by atoms with van der Waals surface area (Å²) < 4.78 is 0. The lowest BCUT2D eigenvalue weighted by Gasteiger charge is -2.25. The van der Waals surface area contributed by atoms with Crippen molar-refractivity contribution in [3.63, 3.8) is 0 Å². The summed E-state index contributed by atoms with van der Waals surface area (Å²) in [5.41, 5.74) is 8.80. The third kappa shape index (κ3) is 3.16. The number of nitrogens with two attached hydrogens (primary N) is 1. The molecule has 0 saturated carbocycles. The van der Waals surface area contributed by atoms with Crippen LogP contribution in [0.4, 0.5) is 0 Å². The Balaban J connectivity index is 1.93. The van der Waals surface area contributed by atoms with Gasteiger partial charge in [0.1, 0.15) is 0 Å². The van der Waals surface area contributed by atoms with Crippen LogP contribution >= 0.6 is 0 Å². The summed E-state index contributed by atoms with van der Waals surface area (Å²) >= 11 is 0. The van der Waals surface area contributed by atoms with E-state index >= 15 is 0 Å². The van der Waals surface area contributed by atoms with Gasteiger partial charge in [0.05, 0.1) is 6.04 Å². The lowest BCUT2D eigenvalue weighted by molar-refractivity contribution is -0.123. The fraction of sp³-hybridized carbons (Fsp3) is 0.562. The van der Waals surface area contributed by atoms with Crippen LogP contribution in [-0.4, -0.2) is 18.5 Å². The van der Waals surface area contributed by atoms with Crippen molar-refractivity contribution in [3.8, 4) is 0 Å². The van der Waals surface area contributed by atoms with Crippen molar-refractivity contribution in [1.82, 2.24) is 5.32 Å². The Hall–Kier alpha value is -1.35. The van der Waals surface area contributed by atoms with Crippen molar-refractivity contribution < 1.29 is 4.79 Å². The zero-order valence-corrected chi connectivity index (χ0v) is 12.1. The molecular formula is C16H24N2O. The molecule has 2 rings (SSSR count). The van der Waals surface area contributed by atoms with Crippen LogP contribution < -0.4 is 11.1 Å². The van der Waals surface area contributed by atoms with Crippen molar-refractivity contribution in [2.24, 2.45) is 17.1 Å². The molecule has 3 nitrogen and oxygen atoms in total. The zero-order chi connectivity index (χ0) is 14.0. The largest absolute Gasteiger partial charge is 0.354 e. The first kappa shape index (κ1) is 14.1. The van der Waals surface area contributed by atoms with Crippen LogP contribution in [-0.2, 0) is 17.6 Å². The summed E-state index contributed by atoms with van der Waals surface area (Å²) in [5.74, 6) is 0.140. The Morgan fingerprint density at radius 2 is 1.84 bits per heavy atom. The highest BCUT2D eigenvalue weighted by atomic mass is 16.2. The molecule has 3 N–H and O–H groups in total. The number of carbonyl (C=O) groups is 1. The number of nitrogens with one attached hydrogen (secondary N) is 1. The van der Waals surface area contributed by atoms with Gasteiger partial charge in [-0.05, 0) is 35.3 Å². The molecule has 19 heavy (non-hydrogen) atoms. The predicted octanol–water partition coefficient (Wildman–Crippen LogP) is 1.89. The summed E-state index contributed by atoms with van der Waals surface area (Å²) in [7, 11) is 0. The van der Waals surface area contributed by atoms with Gasteiger partial charge in [0.15, 0.2) is 0 Å². The second kappa shape index (κ2) is 5.33. The highest BCUT2D eigenvalue weighted by molar-refractivity contribution is 5.81. The monoisotopic (exact) mass is 260 g/mol. The molecule has 0 unspecified atom stereocenters. The minimum Gasteiger partial charge on any atom is -0.354 e. The Labute approximate surface area is 115 Å². The normalized spacial score (nSPS) is 18.2. The number of fused-ring (bicyclic) bond motifs is 1. The number of hydrogen-bond donors (Lipinski definition) is 2. The second-order valence-electron chi connectivity index (χ2n) is 6.42. The molecule has 0 radical (unpaired) electrons. The van der Waals surface area contributed by atoms with Crippen molar-refractivity contribution in [2.75, 3.05) is 6.54 Å². The van der Waals surface area contributed by atoms with E-state index in [2.05, 4.69) is 36.5 Å². The number of rotatable bonds is 4. The topological polar surface area (TPSA) is 55.1 Å². The van der Waals surface area contributed by atoms with E-state index in [-0.39, 0.29) is 17.2 Å². The second-order valence-corrected chi connectivity index (χ2v) is 6.42. The molecular weight excluding hydrogens is 236 g/mol. The Morgan fingerprint density at radius 1 is 1.32 bits per heavy atom. The van der Waals surface area contributed by atoms with E-state index in [9.17, 15) is 4.79 Å². The van der Waals surface area contributed by atoms with E-state index in [1.54, 1.807) is 0 Å². The highest BCUT2D eigenvalue weighted by Gasteiger charge is 2.33. The van der Waals surface area contributed by atoms with Crippen LogP contribution in [0.1, 0.15) is 31.9 Å². The van der Waals surface area contributed by atoms with Crippen LogP contribution in [0, 0.1) is 11.3 Å².